The Morgan fingerprint density at radius 3 is 2.43 bits per heavy atom. The first kappa shape index (κ1) is 15.2. The Morgan fingerprint density at radius 2 is 1.95 bits per heavy atom. The quantitative estimate of drug-likeness (QED) is 0.930. The molecule has 4 nitrogen and oxygen atoms in total. The zero-order valence-electron chi connectivity index (χ0n) is 11.4. The molecule has 2 rings (SSSR count). The van der Waals surface area contributed by atoms with E-state index < -0.39 is 23.5 Å². The van der Waals surface area contributed by atoms with E-state index in [4.69, 9.17) is 10.4 Å². The lowest BCUT2D eigenvalue weighted by molar-refractivity contribution is 0.0368. The Balaban J connectivity index is 2.20. The van der Waals surface area contributed by atoms with Crippen molar-refractivity contribution in [3.63, 3.8) is 0 Å². The fraction of sp³-hybridized carbons (Fsp3) is 0.467. The highest BCUT2D eigenvalue weighted by Crippen LogP contribution is 2.42. The number of piperidine rings is 1. The second kappa shape index (κ2) is 6.08. The van der Waals surface area contributed by atoms with E-state index in [9.17, 15) is 9.18 Å². The maximum absolute atomic E-state index is 15.2. The zero-order valence-corrected chi connectivity index (χ0v) is 11.4. The predicted octanol–water partition coefficient (Wildman–Crippen LogP) is 3.31. The summed E-state index contributed by atoms with van der Waals surface area (Å²) in [6.45, 7) is 0.212. The second-order valence-electron chi connectivity index (χ2n) is 5.27. The highest BCUT2D eigenvalue weighted by Gasteiger charge is 2.43. The van der Waals surface area contributed by atoms with Crippen LogP contribution in [0.15, 0.2) is 24.3 Å². The molecule has 1 N–H and O–H groups in total. The van der Waals surface area contributed by atoms with Crippen LogP contribution in [0.1, 0.15) is 30.7 Å². The highest BCUT2D eigenvalue weighted by atomic mass is 19.1. The molecule has 0 bridgehead atoms. The summed E-state index contributed by atoms with van der Waals surface area (Å²) in [6, 6.07) is 7.44. The molecule has 0 spiro atoms. The van der Waals surface area contributed by atoms with E-state index in [1.807, 2.05) is 6.07 Å². The highest BCUT2D eigenvalue weighted by molar-refractivity contribution is 5.65. The van der Waals surface area contributed by atoms with Crippen LogP contribution in [0, 0.1) is 17.1 Å². The van der Waals surface area contributed by atoms with E-state index >= 15 is 4.39 Å². The Morgan fingerprint density at radius 1 is 1.38 bits per heavy atom. The molecule has 1 heterocycles. The van der Waals surface area contributed by atoms with Gasteiger partial charge in [-0.2, -0.15) is 5.26 Å². The minimum absolute atomic E-state index is 0.0186. The van der Waals surface area contributed by atoms with Crippen LogP contribution in [0.4, 0.5) is 13.6 Å². The maximum atomic E-state index is 15.2. The van der Waals surface area contributed by atoms with Gasteiger partial charge < -0.3 is 10.0 Å². The summed E-state index contributed by atoms with van der Waals surface area (Å²) < 4.78 is 28.2. The smallest absolute Gasteiger partial charge is 0.407 e. The summed E-state index contributed by atoms with van der Waals surface area (Å²) in [6.07, 6.45) is -0.989. The van der Waals surface area contributed by atoms with Gasteiger partial charge in [0.25, 0.3) is 0 Å². The molecule has 1 aromatic rings. The standard InChI is InChI=1S/C15H16F2N2O2/c16-12-3-1-11(2-4-12)13(5-8-18)15(17)6-9-19(10-7-15)14(20)21/h1-4,13H,5-7,9-10H2,(H,20,21). The van der Waals surface area contributed by atoms with Crippen molar-refractivity contribution in [3.05, 3.63) is 35.6 Å². The van der Waals surface area contributed by atoms with Crippen LogP contribution >= 0.6 is 0 Å². The number of amides is 1. The van der Waals surface area contributed by atoms with Gasteiger partial charge in [0.05, 0.1) is 6.07 Å². The lowest BCUT2D eigenvalue weighted by Crippen LogP contribution is -2.46. The van der Waals surface area contributed by atoms with Crippen molar-refractivity contribution in [1.29, 1.82) is 5.26 Å². The number of nitrogens with zero attached hydrogens (tertiary/aromatic N) is 2. The summed E-state index contributed by atoms with van der Waals surface area (Å²) in [5, 5.41) is 17.9. The average Bonchev–Trinajstić information content (AvgIpc) is 2.46. The minimum Gasteiger partial charge on any atom is -0.465 e. The van der Waals surface area contributed by atoms with Gasteiger partial charge in [-0.1, -0.05) is 12.1 Å². The molecule has 0 aromatic heterocycles. The first-order valence-electron chi connectivity index (χ1n) is 6.75. The number of likely N-dealkylation sites (tertiary alicyclic amines) is 1. The summed E-state index contributed by atoms with van der Waals surface area (Å²) >= 11 is 0. The van der Waals surface area contributed by atoms with Crippen LogP contribution in [0.25, 0.3) is 0 Å². The van der Waals surface area contributed by atoms with Crippen LogP contribution < -0.4 is 0 Å². The summed E-state index contributed by atoms with van der Waals surface area (Å²) in [5.41, 5.74) is -1.07. The van der Waals surface area contributed by atoms with E-state index in [0.29, 0.717) is 5.56 Å². The van der Waals surface area contributed by atoms with Crippen LogP contribution in [0.5, 0.6) is 0 Å². The third kappa shape index (κ3) is 3.30. The van der Waals surface area contributed by atoms with Gasteiger partial charge in [0, 0.05) is 25.4 Å². The molecule has 0 radical (unpaired) electrons. The normalized spacial score (nSPS) is 18.8. The number of rotatable bonds is 3. The lowest BCUT2D eigenvalue weighted by atomic mass is 9.76. The van der Waals surface area contributed by atoms with Gasteiger partial charge in [0.1, 0.15) is 11.5 Å². The number of halogens is 2. The molecule has 1 aliphatic heterocycles. The number of hydrogen-bond donors (Lipinski definition) is 1. The Hall–Kier alpha value is -2.16. The predicted molar refractivity (Wildman–Crippen MR) is 72.0 cm³/mol. The monoisotopic (exact) mass is 294 g/mol. The first-order chi connectivity index (χ1) is 9.96. The van der Waals surface area contributed by atoms with Crippen molar-refractivity contribution in [2.45, 2.75) is 30.8 Å². The number of carboxylic acid groups (broad SMARTS) is 1. The zero-order chi connectivity index (χ0) is 15.5. The maximum Gasteiger partial charge on any atom is 0.407 e. The molecule has 112 valence electrons. The van der Waals surface area contributed by atoms with Gasteiger partial charge in [-0.05, 0) is 30.5 Å². The SMILES string of the molecule is N#CCC(c1ccc(F)cc1)C1(F)CCN(C(=O)O)CC1. The molecule has 1 fully saturated rings. The van der Waals surface area contributed by atoms with Crippen LogP contribution in [0.2, 0.25) is 0 Å². The second-order valence-corrected chi connectivity index (χ2v) is 5.27. The van der Waals surface area contributed by atoms with Crippen LogP contribution in [-0.4, -0.2) is 34.9 Å². The minimum atomic E-state index is -1.64. The van der Waals surface area contributed by atoms with E-state index in [0.717, 1.165) is 0 Å². The molecule has 1 aliphatic rings. The molecular formula is C15H16F2N2O2. The molecule has 1 unspecified atom stereocenters. The number of benzene rings is 1. The Labute approximate surface area is 121 Å². The molecule has 6 heteroatoms. The molecule has 1 atom stereocenters. The molecule has 1 saturated heterocycles. The molecule has 0 aliphatic carbocycles. The molecule has 1 aromatic carbocycles. The van der Waals surface area contributed by atoms with Crippen molar-refractivity contribution < 1.29 is 18.7 Å². The van der Waals surface area contributed by atoms with Crippen LogP contribution in [-0.2, 0) is 0 Å². The Bertz CT molecular complexity index is 546. The fourth-order valence-electron chi connectivity index (χ4n) is 2.80. The number of hydrogen-bond acceptors (Lipinski definition) is 2. The van der Waals surface area contributed by atoms with Gasteiger partial charge in [-0.15, -0.1) is 0 Å². The van der Waals surface area contributed by atoms with E-state index in [1.54, 1.807) is 0 Å². The van der Waals surface area contributed by atoms with Gasteiger partial charge in [0.2, 0.25) is 0 Å². The summed E-state index contributed by atoms with van der Waals surface area (Å²) in [5.74, 6) is -1.08. The number of carbonyl (C=O) groups is 1. The lowest BCUT2D eigenvalue weighted by Gasteiger charge is -2.39. The Kier molecular flexibility index (Phi) is 4.41. The molecule has 21 heavy (non-hydrogen) atoms. The molecule has 1 amide bonds. The molecule has 0 saturated carbocycles. The number of nitriles is 1. The number of alkyl halides is 1. The van der Waals surface area contributed by atoms with Crippen molar-refractivity contribution in [2.75, 3.05) is 13.1 Å². The summed E-state index contributed by atoms with van der Waals surface area (Å²) in [7, 11) is 0. The van der Waals surface area contributed by atoms with Crippen molar-refractivity contribution in [2.24, 2.45) is 0 Å². The van der Waals surface area contributed by atoms with Crippen LogP contribution in [0.3, 0.4) is 0 Å². The van der Waals surface area contributed by atoms with Gasteiger partial charge in [0.15, 0.2) is 0 Å². The van der Waals surface area contributed by atoms with E-state index in [1.165, 1.54) is 29.2 Å². The topological polar surface area (TPSA) is 64.3 Å². The summed E-state index contributed by atoms with van der Waals surface area (Å²) in [4.78, 5) is 12.1. The third-order valence-electron chi connectivity index (χ3n) is 4.06. The van der Waals surface area contributed by atoms with E-state index in [2.05, 4.69) is 0 Å². The van der Waals surface area contributed by atoms with Crippen molar-refractivity contribution >= 4 is 6.09 Å². The van der Waals surface area contributed by atoms with Gasteiger partial charge in [-0.3, -0.25) is 0 Å². The average molecular weight is 294 g/mol. The largest absolute Gasteiger partial charge is 0.465 e. The first-order valence-corrected chi connectivity index (χ1v) is 6.75. The third-order valence-corrected chi connectivity index (χ3v) is 4.06. The van der Waals surface area contributed by atoms with Gasteiger partial charge in [-0.25, -0.2) is 13.6 Å². The van der Waals surface area contributed by atoms with Gasteiger partial charge >= 0.3 is 6.09 Å². The van der Waals surface area contributed by atoms with Crippen molar-refractivity contribution in [3.8, 4) is 6.07 Å². The fourth-order valence-corrected chi connectivity index (χ4v) is 2.80. The molecular weight excluding hydrogens is 278 g/mol. The van der Waals surface area contributed by atoms with Crippen molar-refractivity contribution in [1.82, 2.24) is 4.90 Å². The van der Waals surface area contributed by atoms with E-state index in [-0.39, 0.29) is 32.4 Å².